The largest absolute Gasteiger partial charge is 0.426 e. The average Bonchev–Trinajstić information content (AvgIpc) is 2.74. The van der Waals surface area contributed by atoms with Gasteiger partial charge in [0, 0.05) is 12.1 Å². The zero-order chi connectivity index (χ0) is 21.5. The van der Waals surface area contributed by atoms with Crippen molar-refractivity contribution in [2.75, 3.05) is 0 Å². The van der Waals surface area contributed by atoms with Gasteiger partial charge in [0.2, 0.25) is 0 Å². The molecule has 30 heavy (non-hydrogen) atoms. The van der Waals surface area contributed by atoms with E-state index in [1.165, 1.54) is 57.8 Å². The van der Waals surface area contributed by atoms with Crippen LogP contribution in [0.1, 0.15) is 90.4 Å². The van der Waals surface area contributed by atoms with Crippen molar-refractivity contribution in [2.24, 2.45) is 23.7 Å². The molecule has 0 aliphatic heterocycles. The fourth-order valence-corrected chi connectivity index (χ4v) is 5.33. The molecule has 0 amide bonds. The standard InChI is InChI=1S/C25H35F3O2/c1-2-3-4-5-17-6-8-18(9-7-17)14-19-10-12-20(13-11-19)25(29)30-21-15-22(26)24(28)23(27)16-21/h15-20H,2-14H2,1H3. The van der Waals surface area contributed by atoms with Gasteiger partial charge in [-0.2, -0.15) is 0 Å². The van der Waals surface area contributed by atoms with E-state index in [1.807, 2.05) is 0 Å². The average molecular weight is 425 g/mol. The van der Waals surface area contributed by atoms with E-state index in [0.717, 1.165) is 49.7 Å². The summed E-state index contributed by atoms with van der Waals surface area (Å²) in [6.07, 6.45) is 15.6. The SMILES string of the molecule is CCCCCC1CCC(CC2CCC(C(=O)Oc3cc(F)c(F)c(F)c3)CC2)CC1. The Morgan fingerprint density at radius 3 is 1.97 bits per heavy atom. The lowest BCUT2D eigenvalue weighted by atomic mass is 9.72. The summed E-state index contributed by atoms with van der Waals surface area (Å²) in [5.74, 6) is -2.80. The lowest BCUT2D eigenvalue weighted by Gasteiger charge is -2.33. The predicted molar refractivity (Wildman–Crippen MR) is 112 cm³/mol. The maximum atomic E-state index is 13.3. The summed E-state index contributed by atoms with van der Waals surface area (Å²) in [6.45, 7) is 2.26. The summed E-state index contributed by atoms with van der Waals surface area (Å²) in [5, 5.41) is 0. The number of halogens is 3. The van der Waals surface area contributed by atoms with Gasteiger partial charge in [0.1, 0.15) is 5.75 Å². The number of esters is 1. The van der Waals surface area contributed by atoms with Gasteiger partial charge in [-0.15, -0.1) is 0 Å². The molecule has 168 valence electrons. The fraction of sp³-hybridized carbons (Fsp3) is 0.720. The highest BCUT2D eigenvalue weighted by Gasteiger charge is 2.30. The predicted octanol–water partition coefficient (Wildman–Crippen LogP) is 7.59. The lowest BCUT2D eigenvalue weighted by molar-refractivity contribution is -0.140. The van der Waals surface area contributed by atoms with Gasteiger partial charge in [-0.3, -0.25) is 4.79 Å². The summed E-state index contributed by atoms with van der Waals surface area (Å²) < 4.78 is 44.8. The number of hydrogen-bond donors (Lipinski definition) is 0. The third-order valence-corrected chi connectivity index (χ3v) is 7.20. The smallest absolute Gasteiger partial charge is 0.314 e. The van der Waals surface area contributed by atoms with Crippen LogP contribution in [0.2, 0.25) is 0 Å². The van der Waals surface area contributed by atoms with Crippen molar-refractivity contribution in [1.29, 1.82) is 0 Å². The van der Waals surface area contributed by atoms with Crippen molar-refractivity contribution in [3.63, 3.8) is 0 Å². The Morgan fingerprint density at radius 2 is 1.40 bits per heavy atom. The van der Waals surface area contributed by atoms with Gasteiger partial charge in [-0.05, 0) is 49.9 Å². The molecule has 0 bridgehead atoms. The quantitative estimate of drug-likeness (QED) is 0.186. The van der Waals surface area contributed by atoms with Crippen LogP contribution in [0.5, 0.6) is 5.75 Å². The summed E-state index contributed by atoms with van der Waals surface area (Å²) >= 11 is 0. The monoisotopic (exact) mass is 424 g/mol. The Morgan fingerprint density at radius 1 is 0.867 bits per heavy atom. The molecule has 0 unspecified atom stereocenters. The lowest BCUT2D eigenvalue weighted by Crippen LogP contribution is -2.27. The summed E-state index contributed by atoms with van der Waals surface area (Å²) in [5.41, 5.74) is 0. The Kier molecular flexibility index (Phi) is 8.64. The Balaban J connectivity index is 1.37. The zero-order valence-electron chi connectivity index (χ0n) is 18.1. The highest BCUT2D eigenvalue weighted by molar-refractivity contribution is 5.75. The first-order chi connectivity index (χ1) is 14.5. The van der Waals surface area contributed by atoms with Gasteiger partial charge < -0.3 is 4.74 Å². The summed E-state index contributed by atoms with van der Waals surface area (Å²) in [6, 6.07) is 1.45. The van der Waals surface area contributed by atoms with Crippen LogP contribution < -0.4 is 4.74 Å². The van der Waals surface area contributed by atoms with Crippen molar-refractivity contribution in [3.05, 3.63) is 29.6 Å². The van der Waals surface area contributed by atoms with Crippen LogP contribution in [0, 0.1) is 41.1 Å². The maximum absolute atomic E-state index is 13.3. The molecule has 0 saturated heterocycles. The van der Waals surface area contributed by atoms with Crippen LogP contribution in [0.15, 0.2) is 12.1 Å². The molecule has 1 aromatic carbocycles. The molecule has 2 nitrogen and oxygen atoms in total. The molecule has 0 atom stereocenters. The minimum atomic E-state index is -1.55. The number of carbonyl (C=O) groups excluding carboxylic acids is 1. The molecule has 2 saturated carbocycles. The van der Waals surface area contributed by atoms with Gasteiger partial charge in [-0.25, -0.2) is 13.2 Å². The van der Waals surface area contributed by atoms with Crippen LogP contribution in [0.25, 0.3) is 0 Å². The molecule has 2 aliphatic carbocycles. The minimum absolute atomic E-state index is 0.244. The van der Waals surface area contributed by atoms with Crippen molar-refractivity contribution in [3.8, 4) is 5.75 Å². The molecule has 0 spiro atoms. The van der Waals surface area contributed by atoms with Crippen molar-refractivity contribution >= 4 is 5.97 Å². The molecular weight excluding hydrogens is 389 g/mol. The van der Waals surface area contributed by atoms with E-state index in [-0.39, 0.29) is 11.7 Å². The first-order valence-electron chi connectivity index (χ1n) is 11.8. The highest BCUT2D eigenvalue weighted by atomic mass is 19.2. The molecule has 2 fully saturated rings. The number of ether oxygens (including phenoxy) is 1. The van der Waals surface area contributed by atoms with E-state index in [4.69, 9.17) is 4.74 Å². The summed E-state index contributed by atoms with van der Waals surface area (Å²) in [4.78, 5) is 12.4. The molecule has 0 N–H and O–H groups in total. The van der Waals surface area contributed by atoms with Crippen molar-refractivity contribution < 1.29 is 22.7 Å². The van der Waals surface area contributed by atoms with E-state index >= 15 is 0 Å². The van der Waals surface area contributed by atoms with E-state index in [1.54, 1.807) is 0 Å². The van der Waals surface area contributed by atoms with E-state index in [9.17, 15) is 18.0 Å². The number of hydrogen-bond acceptors (Lipinski definition) is 2. The van der Waals surface area contributed by atoms with Crippen molar-refractivity contribution in [1.82, 2.24) is 0 Å². The third kappa shape index (κ3) is 6.49. The second-order valence-corrected chi connectivity index (χ2v) is 9.46. The Hall–Kier alpha value is -1.52. The molecule has 5 heteroatoms. The van der Waals surface area contributed by atoms with Gasteiger partial charge in [0.15, 0.2) is 17.5 Å². The fourth-order valence-electron chi connectivity index (χ4n) is 5.33. The van der Waals surface area contributed by atoms with Gasteiger partial charge in [-0.1, -0.05) is 58.3 Å². The van der Waals surface area contributed by atoms with Crippen LogP contribution in [0.4, 0.5) is 13.2 Å². The first kappa shape index (κ1) is 23.1. The number of benzene rings is 1. The van der Waals surface area contributed by atoms with Gasteiger partial charge in [0.05, 0.1) is 5.92 Å². The normalized spacial score (nSPS) is 27.1. The van der Waals surface area contributed by atoms with Gasteiger partial charge in [0.25, 0.3) is 0 Å². The minimum Gasteiger partial charge on any atom is -0.426 e. The Bertz CT molecular complexity index is 667. The second kappa shape index (κ2) is 11.2. The van der Waals surface area contributed by atoms with E-state index in [0.29, 0.717) is 5.92 Å². The summed E-state index contributed by atoms with van der Waals surface area (Å²) in [7, 11) is 0. The maximum Gasteiger partial charge on any atom is 0.314 e. The number of rotatable bonds is 8. The van der Waals surface area contributed by atoms with Crippen LogP contribution in [-0.2, 0) is 4.79 Å². The number of carbonyl (C=O) groups is 1. The molecule has 0 heterocycles. The van der Waals surface area contributed by atoms with E-state index < -0.39 is 23.4 Å². The molecular formula is C25H35F3O2. The second-order valence-electron chi connectivity index (χ2n) is 9.46. The third-order valence-electron chi connectivity index (χ3n) is 7.20. The number of unbranched alkanes of at least 4 members (excludes halogenated alkanes) is 2. The van der Waals surface area contributed by atoms with Crippen LogP contribution in [-0.4, -0.2) is 5.97 Å². The van der Waals surface area contributed by atoms with Crippen LogP contribution in [0.3, 0.4) is 0 Å². The molecule has 1 aromatic rings. The molecule has 2 aliphatic rings. The molecule has 0 aromatic heterocycles. The first-order valence-corrected chi connectivity index (χ1v) is 11.8. The highest BCUT2D eigenvalue weighted by Crippen LogP contribution is 2.39. The van der Waals surface area contributed by atoms with Crippen molar-refractivity contribution in [2.45, 2.75) is 90.4 Å². The zero-order valence-corrected chi connectivity index (χ0v) is 18.1. The van der Waals surface area contributed by atoms with Crippen LogP contribution >= 0.6 is 0 Å². The van der Waals surface area contributed by atoms with E-state index in [2.05, 4.69) is 6.92 Å². The van der Waals surface area contributed by atoms with Gasteiger partial charge >= 0.3 is 5.97 Å². The molecule has 3 rings (SSSR count). The Labute approximate surface area is 178 Å². The topological polar surface area (TPSA) is 26.3 Å². The molecule has 0 radical (unpaired) electrons.